The molecule has 2 aromatic carbocycles. The smallest absolute Gasteiger partial charge is 0.341 e. The van der Waals surface area contributed by atoms with Crippen LogP contribution in [0.3, 0.4) is 0 Å². The fraction of sp³-hybridized carbons (Fsp3) is 0.143. The summed E-state index contributed by atoms with van der Waals surface area (Å²) in [5, 5.41) is 8.91. The molecule has 0 saturated heterocycles. The van der Waals surface area contributed by atoms with Crippen LogP contribution in [0.2, 0.25) is 0 Å². The van der Waals surface area contributed by atoms with E-state index in [-0.39, 0.29) is 6.42 Å². The van der Waals surface area contributed by atoms with Gasteiger partial charge in [-0.25, -0.2) is 4.79 Å². The summed E-state index contributed by atoms with van der Waals surface area (Å²) in [7, 11) is 0. The van der Waals surface area contributed by atoms with Gasteiger partial charge in [0.1, 0.15) is 5.75 Å². The van der Waals surface area contributed by atoms with Crippen molar-refractivity contribution in [1.82, 2.24) is 0 Å². The largest absolute Gasteiger partial charge is 0.481 e. The van der Waals surface area contributed by atoms with Gasteiger partial charge in [-0.2, -0.15) is 0 Å². The predicted octanol–water partition coefficient (Wildman–Crippen LogP) is 3.35. The highest BCUT2D eigenvalue weighted by molar-refractivity contribution is 6.09. The topological polar surface area (TPSA) is 89.6 Å². The molecule has 0 saturated carbocycles. The van der Waals surface area contributed by atoms with Crippen molar-refractivity contribution in [3.05, 3.63) is 70.8 Å². The van der Waals surface area contributed by atoms with E-state index < -0.39 is 18.5 Å². The third kappa shape index (κ3) is 3.52. The van der Waals surface area contributed by atoms with Crippen LogP contribution >= 0.6 is 0 Å². The van der Waals surface area contributed by atoms with Crippen LogP contribution in [-0.4, -0.2) is 23.6 Å². The third-order valence-electron chi connectivity index (χ3n) is 4.29. The van der Waals surface area contributed by atoms with Gasteiger partial charge >= 0.3 is 5.97 Å². The third-order valence-corrected chi connectivity index (χ3v) is 4.29. The number of hydrogen-bond acceptors (Lipinski definition) is 3. The molecule has 0 aromatic heterocycles. The first-order valence-corrected chi connectivity index (χ1v) is 8.21. The van der Waals surface area contributed by atoms with Crippen LogP contribution in [0.25, 0.3) is 17.2 Å². The van der Waals surface area contributed by atoms with Crippen LogP contribution in [0.1, 0.15) is 30.0 Å². The number of hydrogen-bond donors (Lipinski definition) is 2. The van der Waals surface area contributed by atoms with Crippen LogP contribution in [0, 0.1) is 0 Å². The Kier molecular flexibility index (Phi) is 4.89. The van der Waals surface area contributed by atoms with E-state index >= 15 is 0 Å². The zero-order valence-electron chi connectivity index (χ0n) is 14.4. The molecule has 1 aliphatic carbocycles. The van der Waals surface area contributed by atoms with Crippen LogP contribution in [0.5, 0.6) is 5.75 Å². The van der Waals surface area contributed by atoms with Gasteiger partial charge in [0.05, 0.1) is 6.42 Å². The minimum atomic E-state index is -1.06. The number of carbonyl (C=O) groups excluding carboxylic acids is 1. The van der Waals surface area contributed by atoms with E-state index in [1.807, 2.05) is 55.5 Å². The molecule has 132 valence electrons. The average molecular weight is 349 g/mol. The lowest BCUT2D eigenvalue weighted by Crippen LogP contribution is -2.13. The van der Waals surface area contributed by atoms with Crippen molar-refractivity contribution in [2.24, 2.45) is 5.73 Å². The lowest BCUT2D eigenvalue weighted by Gasteiger charge is -2.12. The Morgan fingerprint density at radius 1 is 1.12 bits per heavy atom. The van der Waals surface area contributed by atoms with Crippen molar-refractivity contribution in [3.63, 3.8) is 0 Å². The fourth-order valence-electron chi connectivity index (χ4n) is 3.18. The highest BCUT2D eigenvalue weighted by Crippen LogP contribution is 2.47. The maximum absolute atomic E-state index is 11.6. The van der Waals surface area contributed by atoms with Crippen molar-refractivity contribution >= 4 is 29.1 Å². The molecule has 0 heterocycles. The van der Waals surface area contributed by atoms with Gasteiger partial charge in [0.15, 0.2) is 6.61 Å². The molecule has 3 rings (SSSR count). The molecule has 1 aliphatic rings. The van der Waals surface area contributed by atoms with Gasteiger partial charge in [0.25, 0.3) is 0 Å². The first-order valence-electron chi connectivity index (χ1n) is 8.21. The second kappa shape index (κ2) is 7.27. The summed E-state index contributed by atoms with van der Waals surface area (Å²) < 4.78 is 5.46. The first-order chi connectivity index (χ1) is 12.5. The maximum atomic E-state index is 11.6. The molecular formula is C21H19NO4. The molecule has 0 bridgehead atoms. The molecule has 1 amide bonds. The molecule has 5 heteroatoms. The molecule has 2 aromatic rings. The van der Waals surface area contributed by atoms with E-state index in [1.165, 1.54) is 0 Å². The van der Waals surface area contributed by atoms with Crippen molar-refractivity contribution in [2.45, 2.75) is 13.3 Å². The van der Waals surface area contributed by atoms with Crippen LogP contribution in [-0.2, 0) is 9.59 Å². The van der Waals surface area contributed by atoms with E-state index in [2.05, 4.69) is 0 Å². The molecule has 0 fully saturated rings. The Hall–Kier alpha value is -3.34. The van der Waals surface area contributed by atoms with Crippen molar-refractivity contribution in [1.29, 1.82) is 0 Å². The Morgan fingerprint density at radius 3 is 2.50 bits per heavy atom. The summed E-state index contributed by atoms with van der Waals surface area (Å²) in [5.74, 6) is -1.06. The summed E-state index contributed by atoms with van der Waals surface area (Å²) in [6, 6.07) is 15.3. The number of carboxylic acids is 1. The SMILES string of the molecule is CC1=C(CC(N)=O)c2c(OCC(=O)O)cccc2/C1=C\c1ccccc1. The van der Waals surface area contributed by atoms with E-state index in [0.29, 0.717) is 5.75 Å². The van der Waals surface area contributed by atoms with Gasteiger partial charge in [0, 0.05) is 5.56 Å². The number of fused-ring (bicyclic) bond motifs is 1. The highest BCUT2D eigenvalue weighted by atomic mass is 16.5. The number of nitrogens with two attached hydrogens (primary N) is 1. The number of carboxylic acid groups (broad SMARTS) is 1. The molecule has 5 nitrogen and oxygen atoms in total. The summed E-state index contributed by atoms with van der Waals surface area (Å²) in [6.07, 6.45) is 2.11. The maximum Gasteiger partial charge on any atom is 0.341 e. The van der Waals surface area contributed by atoms with Crippen LogP contribution in [0.4, 0.5) is 0 Å². The van der Waals surface area contributed by atoms with Gasteiger partial charge < -0.3 is 15.6 Å². The van der Waals surface area contributed by atoms with E-state index in [4.69, 9.17) is 15.6 Å². The normalized spacial score (nSPS) is 14.4. The number of rotatable bonds is 6. The van der Waals surface area contributed by atoms with Crippen molar-refractivity contribution in [3.8, 4) is 5.75 Å². The Labute approximate surface area is 151 Å². The second-order valence-corrected chi connectivity index (χ2v) is 6.08. The molecule has 0 aliphatic heterocycles. The van der Waals surface area contributed by atoms with E-state index in [1.54, 1.807) is 6.07 Å². The molecule has 0 radical (unpaired) electrons. The standard InChI is InChI=1S/C21H19NO4/c1-13-16(10-14-6-3-2-4-7-14)15-8-5-9-18(26-12-20(24)25)21(15)17(13)11-19(22)23/h2-10H,11-12H2,1H3,(H2,22,23)(H,24,25)/b16-10-. The number of ether oxygens (including phenoxy) is 1. The monoisotopic (exact) mass is 349 g/mol. The number of carbonyl (C=O) groups is 2. The van der Waals surface area contributed by atoms with Crippen molar-refractivity contribution in [2.75, 3.05) is 6.61 Å². The highest BCUT2D eigenvalue weighted by Gasteiger charge is 2.28. The Morgan fingerprint density at radius 2 is 1.85 bits per heavy atom. The number of primary amides is 1. The van der Waals surface area contributed by atoms with Gasteiger partial charge in [-0.3, -0.25) is 4.79 Å². The molecule has 0 spiro atoms. The predicted molar refractivity (Wildman–Crippen MR) is 100 cm³/mol. The minimum absolute atomic E-state index is 0.0679. The number of aliphatic carboxylic acids is 1. The molecule has 0 unspecified atom stereocenters. The zero-order chi connectivity index (χ0) is 18.7. The first kappa shape index (κ1) is 17.5. The van der Waals surface area contributed by atoms with Crippen LogP contribution < -0.4 is 10.5 Å². The van der Waals surface area contributed by atoms with Crippen molar-refractivity contribution < 1.29 is 19.4 Å². The van der Waals surface area contributed by atoms with Crippen LogP contribution in [0.15, 0.2) is 54.1 Å². The number of amides is 1. The summed E-state index contributed by atoms with van der Waals surface area (Å²) in [4.78, 5) is 22.5. The number of benzene rings is 2. The Bertz CT molecular complexity index is 926. The Balaban J connectivity index is 2.15. The van der Waals surface area contributed by atoms with Gasteiger partial charge in [-0.15, -0.1) is 0 Å². The molecule has 3 N–H and O–H groups in total. The lowest BCUT2D eigenvalue weighted by atomic mass is 10.00. The summed E-state index contributed by atoms with van der Waals surface area (Å²) in [6.45, 7) is 1.49. The minimum Gasteiger partial charge on any atom is -0.481 e. The molecule has 0 atom stereocenters. The number of allylic oxidation sites excluding steroid dienone is 2. The molecular weight excluding hydrogens is 330 g/mol. The fourth-order valence-corrected chi connectivity index (χ4v) is 3.18. The van der Waals surface area contributed by atoms with Gasteiger partial charge in [0.2, 0.25) is 5.91 Å². The lowest BCUT2D eigenvalue weighted by molar-refractivity contribution is -0.139. The zero-order valence-corrected chi connectivity index (χ0v) is 14.4. The second-order valence-electron chi connectivity index (χ2n) is 6.08. The van der Waals surface area contributed by atoms with E-state index in [9.17, 15) is 9.59 Å². The van der Waals surface area contributed by atoms with E-state index in [0.717, 1.165) is 33.4 Å². The quantitative estimate of drug-likeness (QED) is 0.837. The summed E-state index contributed by atoms with van der Waals surface area (Å²) >= 11 is 0. The summed E-state index contributed by atoms with van der Waals surface area (Å²) in [5.41, 5.74) is 10.8. The van der Waals surface area contributed by atoms with Gasteiger partial charge in [-0.05, 0) is 46.9 Å². The molecule has 26 heavy (non-hydrogen) atoms. The average Bonchev–Trinajstić information content (AvgIpc) is 2.86. The van der Waals surface area contributed by atoms with Gasteiger partial charge in [-0.1, -0.05) is 42.5 Å².